The maximum absolute atomic E-state index is 12.9. The number of unbranched alkanes of at least 4 members (excludes halogenated alkanes) is 25. The average Bonchev–Trinajstić information content (AvgIpc) is 2.99. The van der Waals surface area contributed by atoms with Crippen LogP contribution >= 0.6 is 0 Å². The van der Waals surface area contributed by atoms with Gasteiger partial charge in [-0.05, 0) is 26.7 Å². The van der Waals surface area contributed by atoms with E-state index in [4.69, 9.17) is 4.74 Å². The standard InChI is InChI=1S/C39H77NO3/c1-6-9-11-13-15-17-19-21-22-23-24-26-28-30-32-34-36(41)40-37(8-3)43-38(42)39(4,5)35-33-31-29-27-25-20-18-16-14-12-10-7-2/h37H,6-35H2,1-5H3,(H,40,41). The van der Waals surface area contributed by atoms with Crippen LogP contribution in [0.25, 0.3) is 0 Å². The van der Waals surface area contributed by atoms with Crippen molar-refractivity contribution in [2.45, 2.75) is 233 Å². The van der Waals surface area contributed by atoms with Crippen molar-refractivity contribution in [1.82, 2.24) is 5.32 Å². The van der Waals surface area contributed by atoms with E-state index in [-0.39, 0.29) is 11.9 Å². The van der Waals surface area contributed by atoms with Gasteiger partial charge in [0.05, 0.1) is 5.41 Å². The van der Waals surface area contributed by atoms with Crippen LogP contribution in [0.5, 0.6) is 0 Å². The molecule has 1 N–H and O–H groups in total. The molecular formula is C39H77NO3. The van der Waals surface area contributed by atoms with Gasteiger partial charge in [-0.2, -0.15) is 0 Å². The van der Waals surface area contributed by atoms with E-state index in [1.807, 2.05) is 20.8 Å². The number of rotatable bonds is 33. The molecule has 43 heavy (non-hydrogen) atoms. The van der Waals surface area contributed by atoms with E-state index in [0.717, 1.165) is 25.7 Å². The minimum Gasteiger partial charge on any atom is -0.441 e. The lowest BCUT2D eigenvalue weighted by Crippen LogP contribution is -2.41. The molecule has 1 atom stereocenters. The van der Waals surface area contributed by atoms with Crippen molar-refractivity contribution < 1.29 is 14.3 Å². The van der Waals surface area contributed by atoms with Crippen LogP contribution in [-0.4, -0.2) is 18.1 Å². The average molecular weight is 608 g/mol. The minimum absolute atomic E-state index is 0.00751. The highest BCUT2D eigenvalue weighted by atomic mass is 16.6. The van der Waals surface area contributed by atoms with Crippen molar-refractivity contribution >= 4 is 11.9 Å². The van der Waals surface area contributed by atoms with E-state index in [2.05, 4.69) is 19.2 Å². The van der Waals surface area contributed by atoms with Gasteiger partial charge in [0, 0.05) is 12.8 Å². The van der Waals surface area contributed by atoms with Gasteiger partial charge in [0.15, 0.2) is 6.23 Å². The number of carbonyl (C=O) groups excluding carboxylic acids is 2. The van der Waals surface area contributed by atoms with E-state index in [9.17, 15) is 9.59 Å². The third kappa shape index (κ3) is 28.2. The van der Waals surface area contributed by atoms with E-state index < -0.39 is 11.6 Å². The van der Waals surface area contributed by atoms with Crippen LogP contribution < -0.4 is 5.32 Å². The Morgan fingerprint density at radius 2 is 0.837 bits per heavy atom. The third-order valence-electron chi connectivity index (χ3n) is 9.16. The fourth-order valence-corrected chi connectivity index (χ4v) is 5.92. The quantitative estimate of drug-likeness (QED) is 0.0458. The Morgan fingerprint density at radius 1 is 0.512 bits per heavy atom. The van der Waals surface area contributed by atoms with Crippen LogP contribution in [0, 0.1) is 5.41 Å². The van der Waals surface area contributed by atoms with Crippen LogP contribution in [0.4, 0.5) is 0 Å². The van der Waals surface area contributed by atoms with Crippen molar-refractivity contribution in [3.05, 3.63) is 0 Å². The number of nitrogens with one attached hydrogen (secondary N) is 1. The van der Waals surface area contributed by atoms with Gasteiger partial charge in [-0.15, -0.1) is 0 Å². The fraction of sp³-hybridized carbons (Fsp3) is 0.949. The molecule has 0 aliphatic heterocycles. The summed E-state index contributed by atoms with van der Waals surface area (Å²) in [6, 6.07) is 0. The molecule has 1 amide bonds. The molecule has 0 spiro atoms. The molecule has 0 aliphatic carbocycles. The zero-order valence-electron chi connectivity index (χ0n) is 30.0. The van der Waals surface area contributed by atoms with E-state index in [1.165, 1.54) is 154 Å². The van der Waals surface area contributed by atoms with Crippen LogP contribution in [-0.2, 0) is 14.3 Å². The summed E-state index contributed by atoms with van der Waals surface area (Å²) in [5.41, 5.74) is -0.509. The van der Waals surface area contributed by atoms with E-state index in [1.54, 1.807) is 0 Å². The molecule has 0 fully saturated rings. The zero-order chi connectivity index (χ0) is 31.9. The SMILES string of the molecule is CCCCCCCCCCCCCCCCCC(=O)NC(CC)OC(=O)C(C)(C)CCCCCCCCCCCCCC. The van der Waals surface area contributed by atoms with Crippen molar-refractivity contribution in [2.75, 3.05) is 0 Å². The summed E-state index contributed by atoms with van der Waals surface area (Å²) in [6.45, 7) is 10.5. The molecule has 0 saturated heterocycles. The van der Waals surface area contributed by atoms with Gasteiger partial charge in [0.25, 0.3) is 0 Å². The van der Waals surface area contributed by atoms with E-state index >= 15 is 0 Å². The second-order valence-electron chi connectivity index (χ2n) is 14.1. The molecule has 4 heteroatoms. The molecule has 0 heterocycles. The fourth-order valence-electron chi connectivity index (χ4n) is 5.92. The molecule has 0 rings (SSSR count). The van der Waals surface area contributed by atoms with Crippen molar-refractivity contribution in [3.63, 3.8) is 0 Å². The zero-order valence-corrected chi connectivity index (χ0v) is 30.0. The Balaban J connectivity index is 3.78. The summed E-state index contributed by atoms with van der Waals surface area (Å²) in [5, 5.41) is 2.95. The first-order valence-corrected chi connectivity index (χ1v) is 19.4. The molecule has 4 nitrogen and oxygen atoms in total. The Bertz CT molecular complexity index is 618. The molecule has 1 unspecified atom stereocenters. The molecule has 0 aromatic rings. The van der Waals surface area contributed by atoms with Crippen LogP contribution in [0.3, 0.4) is 0 Å². The number of esters is 1. The largest absolute Gasteiger partial charge is 0.441 e. The first-order chi connectivity index (χ1) is 20.9. The summed E-state index contributed by atoms with van der Waals surface area (Å²) in [6.07, 6.45) is 37.1. The van der Waals surface area contributed by atoms with Gasteiger partial charge in [-0.25, -0.2) is 0 Å². The molecule has 0 saturated carbocycles. The normalized spacial score (nSPS) is 12.4. The number of hydrogen-bond donors (Lipinski definition) is 1. The van der Waals surface area contributed by atoms with Gasteiger partial charge in [0.1, 0.15) is 0 Å². The second-order valence-corrected chi connectivity index (χ2v) is 14.1. The second kappa shape index (κ2) is 30.9. The highest BCUT2D eigenvalue weighted by Crippen LogP contribution is 2.27. The highest BCUT2D eigenvalue weighted by molar-refractivity contribution is 5.78. The molecule has 256 valence electrons. The van der Waals surface area contributed by atoms with Crippen LogP contribution in [0.2, 0.25) is 0 Å². The maximum atomic E-state index is 12.9. The van der Waals surface area contributed by atoms with Crippen molar-refractivity contribution in [2.24, 2.45) is 5.41 Å². The highest BCUT2D eigenvalue weighted by Gasteiger charge is 2.31. The predicted octanol–water partition coefficient (Wildman–Crippen LogP) is 12.8. The number of hydrogen-bond acceptors (Lipinski definition) is 3. The maximum Gasteiger partial charge on any atom is 0.313 e. The lowest BCUT2D eigenvalue weighted by Gasteiger charge is -2.26. The van der Waals surface area contributed by atoms with Gasteiger partial charge < -0.3 is 10.1 Å². The van der Waals surface area contributed by atoms with Gasteiger partial charge >= 0.3 is 5.97 Å². The van der Waals surface area contributed by atoms with Crippen molar-refractivity contribution in [1.29, 1.82) is 0 Å². The summed E-state index contributed by atoms with van der Waals surface area (Å²) in [5.74, 6) is -0.178. The lowest BCUT2D eigenvalue weighted by atomic mass is 9.87. The Labute approximate surface area is 270 Å². The number of carbonyl (C=O) groups is 2. The van der Waals surface area contributed by atoms with Crippen LogP contribution in [0.15, 0.2) is 0 Å². The summed E-state index contributed by atoms with van der Waals surface area (Å²) in [7, 11) is 0. The molecule has 0 aliphatic rings. The lowest BCUT2D eigenvalue weighted by molar-refractivity contribution is -0.163. The Kier molecular flexibility index (Phi) is 30.2. The van der Waals surface area contributed by atoms with Gasteiger partial charge in [-0.1, -0.05) is 188 Å². The summed E-state index contributed by atoms with van der Waals surface area (Å²) >= 11 is 0. The first-order valence-electron chi connectivity index (χ1n) is 19.4. The molecule has 0 aromatic heterocycles. The molecule has 0 bridgehead atoms. The third-order valence-corrected chi connectivity index (χ3v) is 9.16. The predicted molar refractivity (Wildman–Crippen MR) is 187 cm³/mol. The first kappa shape index (κ1) is 41.9. The molecule has 0 aromatic carbocycles. The van der Waals surface area contributed by atoms with Gasteiger partial charge in [0.2, 0.25) is 5.91 Å². The van der Waals surface area contributed by atoms with Gasteiger partial charge in [-0.3, -0.25) is 9.59 Å². The number of ether oxygens (including phenoxy) is 1. The van der Waals surface area contributed by atoms with E-state index in [0.29, 0.717) is 12.8 Å². The molecule has 0 radical (unpaired) electrons. The smallest absolute Gasteiger partial charge is 0.313 e. The van der Waals surface area contributed by atoms with Crippen molar-refractivity contribution in [3.8, 4) is 0 Å². The van der Waals surface area contributed by atoms with Crippen LogP contribution in [0.1, 0.15) is 227 Å². The minimum atomic E-state index is -0.516. The summed E-state index contributed by atoms with van der Waals surface area (Å²) < 4.78 is 5.75. The topological polar surface area (TPSA) is 55.4 Å². The summed E-state index contributed by atoms with van der Waals surface area (Å²) in [4.78, 5) is 25.4. The number of amides is 1. The molecular weight excluding hydrogens is 530 g/mol. The Morgan fingerprint density at radius 3 is 1.19 bits per heavy atom. The Hall–Kier alpha value is -1.06. The monoisotopic (exact) mass is 608 g/mol.